The number of carbonyl (C=O) groups is 1. The molecule has 2 aliphatic heterocycles. The number of aryl methyl sites for hydroxylation is 2. The maximum Gasteiger partial charge on any atom is 0.312 e. The Labute approximate surface area is 204 Å². The lowest BCUT2D eigenvalue weighted by Crippen LogP contribution is -2.30. The number of nitrogens with one attached hydrogen (secondary N) is 1. The highest BCUT2D eigenvalue weighted by Crippen LogP contribution is 2.40. The van der Waals surface area contributed by atoms with E-state index in [9.17, 15) is 9.18 Å². The van der Waals surface area contributed by atoms with Crippen molar-refractivity contribution >= 4 is 29.2 Å². The van der Waals surface area contributed by atoms with Crippen molar-refractivity contribution in [3.63, 3.8) is 0 Å². The summed E-state index contributed by atoms with van der Waals surface area (Å²) in [5, 5.41) is 5.25. The Morgan fingerprint density at radius 3 is 2.97 bits per heavy atom. The summed E-state index contributed by atoms with van der Waals surface area (Å²) in [7, 11) is 1.44. The Bertz CT molecular complexity index is 1050. The number of halogens is 1. The summed E-state index contributed by atoms with van der Waals surface area (Å²) in [6, 6.07) is 9.12. The minimum absolute atomic E-state index is 0.00229. The number of hydrogen-bond donors (Lipinski definition) is 1. The van der Waals surface area contributed by atoms with Gasteiger partial charge in [0.25, 0.3) is 0 Å². The van der Waals surface area contributed by atoms with Gasteiger partial charge in [-0.1, -0.05) is 19.4 Å². The second-order valence-electron chi connectivity index (χ2n) is 8.55. The van der Waals surface area contributed by atoms with Crippen molar-refractivity contribution in [3.05, 3.63) is 58.7 Å². The van der Waals surface area contributed by atoms with Gasteiger partial charge in [-0.25, -0.2) is 9.37 Å². The maximum atomic E-state index is 14.5. The highest BCUT2D eigenvalue weighted by molar-refractivity contribution is 8.03. The van der Waals surface area contributed by atoms with Gasteiger partial charge in [-0.2, -0.15) is 0 Å². The zero-order chi connectivity index (χ0) is 23.9. The molecular formula is C26H32FN3O3S. The SMILES string of the molecule is CCCCC(=O)OC1=CSC(CCCc2ccc3c(n2)NCCC3)N1c1ccc(OC)c(F)c1. The van der Waals surface area contributed by atoms with Gasteiger partial charge in [-0.3, -0.25) is 9.69 Å². The number of nitrogens with zero attached hydrogens (tertiary/aromatic N) is 2. The van der Waals surface area contributed by atoms with E-state index in [-0.39, 0.29) is 17.1 Å². The minimum Gasteiger partial charge on any atom is -0.494 e. The molecule has 0 radical (unpaired) electrons. The van der Waals surface area contributed by atoms with E-state index < -0.39 is 5.82 Å². The number of ether oxygens (including phenoxy) is 2. The van der Waals surface area contributed by atoms with Crippen LogP contribution in [-0.4, -0.2) is 30.0 Å². The lowest BCUT2D eigenvalue weighted by atomic mass is 10.1. The molecule has 0 saturated carbocycles. The van der Waals surface area contributed by atoms with E-state index in [4.69, 9.17) is 14.5 Å². The summed E-state index contributed by atoms with van der Waals surface area (Å²) in [5.74, 6) is 0.941. The number of hydrogen-bond acceptors (Lipinski definition) is 7. The average Bonchev–Trinajstić information content (AvgIpc) is 3.24. The summed E-state index contributed by atoms with van der Waals surface area (Å²) in [6.45, 7) is 3.01. The number of thioether (sulfide) groups is 1. The van der Waals surface area contributed by atoms with Gasteiger partial charge in [-0.05, 0) is 62.3 Å². The molecule has 1 N–H and O–H groups in total. The molecule has 182 valence electrons. The van der Waals surface area contributed by atoms with Crippen molar-refractivity contribution in [1.29, 1.82) is 0 Å². The number of carbonyl (C=O) groups excluding carboxylic acids is 1. The average molecular weight is 486 g/mol. The van der Waals surface area contributed by atoms with Crippen LogP contribution in [0.1, 0.15) is 56.7 Å². The van der Waals surface area contributed by atoms with Crippen LogP contribution in [0.5, 0.6) is 5.75 Å². The largest absolute Gasteiger partial charge is 0.494 e. The number of anilines is 2. The van der Waals surface area contributed by atoms with E-state index in [2.05, 4.69) is 17.4 Å². The molecule has 34 heavy (non-hydrogen) atoms. The molecule has 0 fully saturated rings. The van der Waals surface area contributed by atoms with Crippen LogP contribution in [0.25, 0.3) is 0 Å². The Morgan fingerprint density at radius 1 is 1.29 bits per heavy atom. The van der Waals surface area contributed by atoms with Gasteiger partial charge in [0.15, 0.2) is 11.6 Å². The molecule has 6 nitrogen and oxygen atoms in total. The number of esters is 1. The van der Waals surface area contributed by atoms with Crippen molar-refractivity contribution in [1.82, 2.24) is 4.98 Å². The van der Waals surface area contributed by atoms with Crippen LogP contribution in [0.2, 0.25) is 0 Å². The first-order valence-corrected chi connectivity index (χ1v) is 12.9. The standard InChI is InChI=1S/C26H32FN3O3S/c1-3-4-10-25(31)33-23-17-34-24(30(23)20-13-14-22(32-2)21(27)16-20)9-5-8-19-12-11-18-7-6-15-28-26(18)29-19/h11-14,16-17,24H,3-10,15H2,1-2H3,(H,28,29). The molecule has 4 rings (SSSR count). The monoisotopic (exact) mass is 485 g/mol. The summed E-state index contributed by atoms with van der Waals surface area (Å²) < 4.78 is 25.3. The first-order chi connectivity index (χ1) is 16.6. The minimum atomic E-state index is -0.446. The normalized spacial score (nSPS) is 17.1. The quantitative estimate of drug-likeness (QED) is 0.413. The van der Waals surface area contributed by atoms with Crippen molar-refractivity contribution < 1.29 is 18.7 Å². The van der Waals surface area contributed by atoms with Crippen LogP contribution in [0.3, 0.4) is 0 Å². The molecule has 0 amide bonds. The van der Waals surface area contributed by atoms with Gasteiger partial charge in [0.1, 0.15) is 5.82 Å². The Kier molecular flexibility index (Phi) is 8.32. The molecule has 0 aliphatic carbocycles. The number of rotatable bonds is 10. The van der Waals surface area contributed by atoms with E-state index >= 15 is 0 Å². The van der Waals surface area contributed by atoms with E-state index in [1.165, 1.54) is 18.7 Å². The van der Waals surface area contributed by atoms with Crippen LogP contribution in [0.15, 0.2) is 41.6 Å². The number of fused-ring (bicyclic) bond motifs is 1. The topological polar surface area (TPSA) is 63.7 Å². The van der Waals surface area contributed by atoms with Crippen molar-refractivity contribution in [3.8, 4) is 5.75 Å². The maximum absolute atomic E-state index is 14.5. The zero-order valence-electron chi connectivity index (χ0n) is 19.8. The number of pyridine rings is 1. The second-order valence-corrected chi connectivity index (χ2v) is 9.60. The molecule has 8 heteroatoms. The van der Waals surface area contributed by atoms with Crippen LogP contribution in [0, 0.1) is 5.82 Å². The fourth-order valence-electron chi connectivity index (χ4n) is 4.22. The predicted molar refractivity (Wildman–Crippen MR) is 134 cm³/mol. The predicted octanol–water partition coefficient (Wildman–Crippen LogP) is 6.02. The van der Waals surface area contributed by atoms with Gasteiger partial charge in [0.05, 0.1) is 12.5 Å². The van der Waals surface area contributed by atoms with Crippen molar-refractivity contribution in [2.24, 2.45) is 0 Å². The summed E-state index contributed by atoms with van der Waals surface area (Å²) in [5.41, 5.74) is 2.99. The van der Waals surface area contributed by atoms with Gasteiger partial charge < -0.3 is 14.8 Å². The molecular weight excluding hydrogens is 453 g/mol. The summed E-state index contributed by atoms with van der Waals surface area (Å²) in [6.07, 6.45) is 6.88. The molecule has 3 heterocycles. The molecule has 0 bridgehead atoms. The van der Waals surface area contributed by atoms with E-state index in [1.54, 1.807) is 23.9 Å². The van der Waals surface area contributed by atoms with Crippen molar-refractivity contribution in [2.75, 3.05) is 23.9 Å². The summed E-state index contributed by atoms with van der Waals surface area (Å²) in [4.78, 5) is 19.0. The molecule has 1 unspecified atom stereocenters. The Morgan fingerprint density at radius 2 is 2.18 bits per heavy atom. The fourth-order valence-corrected chi connectivity index (χ4v) is 5.31. The molecule has 1 atom stereocenters. The van der Waals surface area contributed by atoms with Crippen molar-refractivity contribution in [2.45, 2.75) is 63.7 Å². The summed E-state index contributed by atoms with van der Waals surface area (Å²) >= 11 is 1.59. The highest BCUT2D eigenvalue weighted by Gasteiger charge is 2.31. The molecule has 2 aliphatic rings. The molecule has 1 aromatic carbocycles. The third-order valence-electron chi connectivity index (χ3n) is 6.05. The first kappa shape index (κ1) is 24.4. The lowest BCUT2D eigenvalue weighted by Gasteiger charge is -2.28. The molecule has 1 aromatic heterocycles. The van der Waals surface area contributed by atoms with Crippen LogP contribution in [0.4, 0.5) is 15.9 Å². The molecule has 0 spiro atoms. The van der Waals surface area contributed by atoms with Gasteiger partial charge >= 0.3 is 5.97 Å². The third-order valence-corrected chi connectivity index (χ3v) is 7.15. The fraction of sp³-hybridized carbons (Fsp3) is 0.462. The van der Waals surface area contributed by atoms with Gasteiger partial charge in [0, 0.05) is 35.8 Å². The molecule has 0 saturated heterocycles. The highest BCUT2D eigenvalue weighted by atomic mass is 32.2. The van der Waals surface area contributed by atoms with E-state index in [0.29, 0.717) is 18.0 Å². The van der Waals surface area contributed by atoms with Crippen LogP contribution in [-0.2, 0) is 22.4 Å². The van der Waals surface area contributed by atoms with Crippen LogP contribution >= 0.6 is 11.8 Å². The zero-order valence-corrected chi connectivity index (χ0v) is 20.6. The number of aromatic nitrogens is 1. The third kappa shape index (κ3) is 5.84. The lowest BCUT2D eigenvalue weighted by molar-refractivity contribution is -0.139. The Hall–Kier alpha value is -2.74. The van der Waals surface area contributed by atoms with Crippen LogP contribution < -0.4 is 15.0 Å². The second kappa shape index (κ2) is 11.6. The smallest absolute Gasteiger partial charge is 0.312 e. The van der Waals surface area contributed by atoms with Gasteiger partial charge in [0.2, 0.25) is 5.88 Å². The Balaban J connectivity index is 1.44. The van der Waals surface area contributed by atoms with E-state index in [1.807, 2.05) is 17.2 Å². The number of benzene rings is 1. The number of unbranched alkanes of at least 4 members (excludes halogenated alkanes) is 1. The number of methoxy groups -OCH3 is 1. The first-order valence-electron chi connectivity index (χ1n) is 12.0. The molecule has 2 aromatic rings. The van der Waals surface area contributed by atoms with Gasteiger partial charge in [-0.15, -0.1) is 11.8 Å². The van der Waals surface area contributed by atoms with E-state index in [0.717, 1.165) is 63.0 Å².